The van der Waals surface area contributed by atoms with E-state index >= 15 is 0 Å². The zero-order valence-electron chi connectivity index (χ0n) is 17.0. The molecule has 1 saturated carbocycles. The predicted octanol–water partition coefficient (Wildman–Crippen LogP) is 3.05. The Labute approximate surface area is 162 Å². The summed E-state index contributed by atoms with van der Waals surface area (Å²) in [6.07, 6.45) is 5.28. The molecule has 150 valence electrons. The summed E-state index contributed by atoms with van der Waals surface area (Å²) in [6.45, 7) is 5.79. The molecule has 1 aromatic carbocycles. The number of rotatable bonds is 5. The van der Waals surface area contributed by atoms with E-state index in [0.29, 0.717) is 28.9 Å². The van der Waals surface area contributed by atoms with Crippen LogP contribution in [0.15, 0.2) is 12.1 Å². The van der Waals surface area contributed by atoms with Gasteiger partial charge in [-0.3, -0.25) is 9.69 Å². The van der Waals surface area contributed by atoms with E-state index in [0.717, 1.165) is 32.1 Å². The van der Waals surface area contributed by atoms with Crippen molar-refractivity contribution in [3.05, 3.63) is 17.7 Å². The minimum absolute atomic E-state index is 0.0194. The molecule has 2 atom stereocenters. The second-order valence-electron chi connectivity index (χ2n) is 7.67. The molecule has 6 heteroatoms. The molecule has 1 heterocycles. The zero-order valence-corrected chi connectivity index (χ0v) is 17.0. The van der Waals surface area contributed by atoms with Gasteiger partial charge in [-0.05, 0) is 30.9 Å². The second kappa shape index (κ2) is 8.83. The molecule has 1 amide bonds. The van der Waals surface area contributed by atoms with Crippen molar-refractivity contribution in [2.45, 2.75) is 38.6 Å². The number of ether oxygens (including phenoxy) is 3. The lowest BCUT2D eigenvalue weighted by Gasteiger charge is -2.42. The average Bonchev–Trinajstić information content (AvgIpc) is 2.72. The molecule has 1 aromatic rings. The molecule has 0 bridgehead atoms. The number of hydrogen-bond donors (Lipinski definition) is 0. The fourth-order valence-corrected chi connectivity index (χ4v) is 4.41. The Morgan fingerprint density at radius 2 is 1.59 bits per heavy atom. The third-order valence-corrected chi connectivity index (χ3v) is 5.94. The van der Waals surface area contributed by atoms with Crippen LogP contribution in [0.2, 0.25) is 0 Å². The van der Waals surface area contributed by atoms with Crippen LogP contribution >= 0.6 is 0 Å². The number of methoxy groups -OCH3 is 3. The van der Waals surface area contributed by atoms with E-state index in [4.69, 9.17) is 14.2 Å². The van der Waals surface area contributed by atoms with Gasteiger partial charge in [0.25, 0.3) is 5.91 Å². The van der Waals surface area contributed by atoms with Crippen LogP contribution in [0.5, 0.6) is 17.2 Å². The topological polar surface area (TPSA) is 51.2 Å². The number of hydrogen-bond acceptors (Lipinski definition) is 5. The highest BCUT2D eigenvalue weighted by molar-refractivity contribution is 5.95. The lowest BCUT2D eigenvalue weighted by molar-refractivity contribution is 0.0488. The van der Waals surface area contributed by atoms with Gasteiger partial charge in [0.15, 0.2) is 11.5 Å². The van der Waals surface area contributed by atoms with Crippen LogP contribution in [0.3, 0.4) is 0 Å². The van der Waals surface area contributed by atoms with Crippen LogP contribution in [-0.2, 0) is 0 Å². The van der Waals surface area contributed by atoms with Crippen LogP contribution in [-0.4, -0.2) is 69.3 Å². The molecule has 0 N–H and O–H groups in total. The lowest BCUT2D eigenvalue weighted by atomic mass is 9.86. The fourth-order valence-electron chi connectivity index (χ4n) is 4.41. The summed E-state index contributed by atoms with van der Waals surface area (Å²) in [5.74, 6) is 2.37. The number of carbonyl (C=O) groups excluding carboxylic acids is 1. The first-order valence-corrected chi connectivity index (χ1v) is 9.90. The van der Waals surface area contributed by atoms with Gasteiger partial charge in [-0.25, -0.2) is 0 Å². The van der Waals surface area contributed by atoms with E-state index in [1.165, 1.54) is 25.7 Å². The third kappa shape index (κ3) is 4.32. The van der Waals surface area contributed by atoms with E-state index < -0.39 is 0 Å². The van der Waals surface area contributed by atoms with E-state index in [2.05, 4.69) is 11.8 Å². The van der Waals surface area contributed by atoms with E-state index in [1.54, 1.807) is 33.5 Å². The molecule has 27 heavy (non-hydrogen) atoms. The number of piperazine rings is 1. The van der Waals surface area contributed by atoms with Gasteiger partial charge in [0.2, 0.25) is 5.75 Å². The Balaban J connectivity index is 1.67. The summed E-state index contributed by atoms with van der Waals surface area (Å²) >= 11 is 0. The number of nitrogens with zero attached hydrogens (tertiary/aromatic N) is 2. The first kappa shape index (κ1) is 19.8. The Morgan fingerprint density at radius 1 is 0.963 bits per heavy atom. The molecule has 2 fully saturated rings. The number of carbonyl (C=O) groups is 1. The maximum atomic E-state index is 13.0. The maximum absolute atomic E-state index is 13.0. The summed E-state index contributed by atoms with van der Waals surface area (Å²) in [4.78, 5) is 17.5. The quantitative estimate of drug-likeness (QED) is 0.791. The largest absolute Gasteiger partial charge is 0.493 e. The summed E-state index contributed by atoms with van der Waals surface area (Å²) < 4.78 is 16.1. The SMILES string of the molecule is COc1cc(C(=O)N2CCN([C@@H]3CCC[C@H](C)C3)CC2)cc(OC)c1OC. The Bertz CT molecular complexity index is 631. The molecule has 2 aliphatic rings. The maximum Gasteiger partial charge on any atom is 0.254 e. The van der Waals surface area contributed by atoms with E-state index in [9.17, 15) is 4.79 Å². The van der Waals surface area contributed by atoms with Crippen molar-refractivity contribution in [2.24, 2.45) is 5.92 Å². The molecule has 0 aromatic heterocycles. The molecule has 0 radical (unpaired) electrons. The molecule has 0 spiro atoms. The van der Waals surface area contributed by atoms with Crippen molar-refractivity contribution >= 4 is 5.91 Å². The number of amides is 1. The van der Waals surface area contributed by atoms with Crippen molar-refractivity contribution in [3.63, 3.8) is 0 Å². The lowest BCUT2D eigenvalue weighted by Crippen LogP contribution is -2.52. The third-order valence-electron chi connectivity index (χ3n) is 5.94. The van der Waals surface area contributed by atoms with Crippen molar-refractivity contribution in [1.29, 1.82) is 0 Å². The molecule has 6 nitrogen and oxygen atoms in total. The van der Waals surface area contributed by atoms with Crippen LogP contribution in [0, 0.1) is 5.92 Å². The number of benzene rings is 1. The van der Waals surface area contributed by atoms with Crippen molar-refractivity contribution in [2.75, 3.05) is 47.5 Å². The average molecular weight is 376 g/mol. The highest BCUT2D eigenvalue weighted by Gasteiger charge is 2.30. The van der Waals surface area contributed by atoms with Crippen LogP contribution in [0.1, 0.15) is 43.0 Å². The van der Waals surface area contributed by atoms with Gasteiger partial charge in [-0.15, -0.1) is 0 Å². The van der Waals surface area contributed by atoms with Gasteiger partial charge in [0.1, 0.15) is 0 Å². The molecular weight excluding hydrogens is 344 g/mol. The van der Waals surface area contributed by atoms with Crippen LogP contribution in [0.25, 0.3) is 0 Å². The molecular formula is C21H32N2O4. The van der Waals surface area contributed by atoms with Gasteiger partial charge in [0.05, 0.1) is 21.3 Å². The fraction of sp³-hybridized carbons (Fsp3) is 0.667. The van der Waals surface area contributed by atoms with Crippen molar-refractivity contribution in [1.82, 2.24) is 9.80 Å². The Kier molecular flexibility index (Phi) is 6.47. The first-order valence-electron chi connectivity index (χ1n) is 9.90. The first-order chi connectivity index (χ1) is 13.1. The molecule has 3 rings (SSSR count). The van der Waals surface area contributed by atoms with Gasteiger partial charge >= 0.3 is 0 Å². The van der Waals surface area contributed by atoms with E-state index in [-0.39, 0.29) is 5.91 Å². The molecule has 0 unspecified atom stereocenters. The van der Waals surface area contributed by atoms with Gasteiger partial charge in [-0.1, -0.05) is 19.8 Å². The highest BCUT2D eigenvalue weighted by Crippen LogP contribution is 2.38. The van der Waals surface area contributed by atoms with Crippen molar-refractivity contribution in [3.8, 4) is 17.2 Å². The summed E-state index contributed by atoms with van der Waals surface area (Å²) in [6, 6.07) is 4.16. The van der Waals surface area contributed by atoms with Gasteiger partial charge in [-0.2, -0.15) is 0 Å². The monoisotopic (exact) mass is 376 g/mol. The minimum atomic E-state index is 0.0194. The second-order valence-corrected chi connectivity index (χ2v) is 7.67. The minimum Gasteiger partial charge on any atom is -0.493 e. The normalized spacial score (nSPS) is 23.8. The van der Waals surface area contributed by atoms with Crippen molar-refractivity contribution < 1.29 is 19.0 Å². The van der Waals surface area contributed by atoms with Gasteiger partial charge in [0, 0.05) is 37.8 Å². The summed E-state index contributed by atoms with van der Waals surface area (Å²) in [5, 5.41) is 0. The highest BCUT2D eigenvalue weighted by atomic mass is 16.5. The van der Waals surface area contributed by atoms with Crippen LogP contribution in [0.4, 0.5) is 0 Å². The zero-order chi connectivity index (χ0) is 19.4. The Hall–Kier alpha value is -1.95. The smallest absolute Gasteiger partial charge is 0.254 e. The Morgan fingerprint density at radius 3 is 2.11 bits per heavy atom. The van der Waals surface area contributed by atoms with Crippen LogP contribution < -0.4 is 14.2 Å². The molecule has 1 aliphatic carbocycles. The summed E-state index contributed by atoms with van der Waals surface area (Å²) in [7, 11) is 4.69. The van der Waals surface area contributed by atoms with E-state index in [1.807, 2.05) is 4.90 Å². The molecule has 1 saturated heterocycles. The van der Waals surface area contributed by atoms with Gasteiger partial charge < -0.3 is 19.1 Å². The molecule has 1 aliphatic heterocycles. The summed E-state index contributed by atoms with van der Waals surface area (Å²) in [5.41, 5.74) is 0.573. The standard InChI is InChI=1S/C21H32N2O4/c1-15-6-5-7-17(12-15)22-8-10-23(11-9-22)21(24)16-13-18(25-2)20(27-4)19(14-16)26-3/h13-15,17H,5-12H2,1-4H3/t15-,17+/m0/s1. The predicted molar refractivity (Wildman–Crippen MR) is 105 cm³/mol.